The van der Waals surface area contributed by atoms with Crippen molar-refractivity contribution in [3.63, 3.8) is 0 Å². The third-order valence-corrected chi connectivity index (χ3v) is 3.74. The lowest BCUT2D eigenvalue weighted by molar-refractivity contribution is -0.112. The van der Waals surface area contributed by atoms with Crippen molar-refractivity contribution in [2.24, 2.45) is 0 Å². The number of nitrogens with zero attached hydrogens (tertiary/aromatic N) is 2. The van der Waals surface area contributed by atoms with Crippen LogP contribution in [0.4, 0.5) is 5.69 Å². The highest BCUT2D eigenvalue weighted by atomic mass is 35.5. The normalized spacial score (nSPS) is 15.7. The lowest BCUT2D eigenvalue weighted by Crippen LogP contribution is -2.39. The highest BCUT2D eigenvalue weighted by molar-refractivity contribution is 6.33. The molecule has 1 amide bonds. The number of carbonyl (C=O) groups excluding carboxylic acids is 1. The quantitative estimate of drug-likeness (QED) is 0.469. The van der Waals surface area contributed by atoms with Crippen molar-refractivity contribution in [3.8, 4) is 6.07 Å². The number of carbonyl (C=O) groups is 1. The Morgan fingerprint density at radius 3 is 2.83 bits per heavy atom. The molecule has 2 rings (SSSR count). The molecular formula is C16H19ClN4O2. The van der Waals surface area contributed by atoms with Crippen LogP contribution in [0.3, 0.4) is 0 Å². The first-order valence-electron chi connectivity index (χ1n) is 7.40. The van der Waals surface area contributed by atoms with E-state index in [0.717, 1.165) is 32.8 Å². The minimum Gasteiger partial charge on any atom is -0.388 e. The standard InChI is InChI=1S/C16H19ClN4O2/c17-14-3-1-2-4-15(14)20-16(22)13(11-18)12-19-5-6-21-7-9-23-10-8-21/h1-4,12,19H,5-10H2,(H,20,22)/b13-12-. The molecule has 1 aliphatic heterocycles. The third kappa shape index (κ3) is 5.57. The molecule has 0 radical (unpaired) electrons. The van der Waals surface area contributed by atoms with E-state index in [9.17, 15) is 4.79 Å². The van der Waals surface area contributed by atoms with Gasteiger partial charge in [0.2, 0.25) is 0 Å². The van der Waals surface area contributed by atoms with Gasteiger partial charge in [0.25, 0.3) is 5.91 Å². The zero-order chi connectivity index (χ0) is 16.5. The summed E-state index contributed by atoms with van der Waals surface area (Å²) in [6, 6.07) is 8.78. The van der Waals surface area contributed by atoms with Crippen molar-refractivity contribution >= 4 is 23.2 Å². The maximum absolute atomic E-state index is 12.1. The van der Waals surface area contributed by atoms with Gasteiger partial charge in [0.15, 0.2) is 0 Å². The maximum atomic E-state index is 12.1. The Balaban J connectivity index is 1.82. The number of anilines is 1. The van der Waals surface area contributed by atoms with Crippen LogP contribution in [0.5, 0.6) is 0 Å². The molecule has 2 N–H and O–H groups in total. The molecule has 0 atom stereocenters. The van der Waals surface area contributed by atoms with Gasteiger partial charge in [0, 0.05) is 32.4 Å². The number of para-hydroxylation sites is 1. The molecular weight excluding hydrogens is 316 g/mol. The van der Waals surface area contributed by atoms with E-state index in [1.807, 2.05) is 6.07 Å². The molecule has 0 spiro atoms. The maximum Gasteiger partial charge on any atom is 0.267 e. The van der Waals surface area contributed by atoms with Crippen molar-refractivity contribution in [1.82, 2.24) is 10.2 Å². The molecule has 1 aromatic rings. The Bertz CT molecular complexity index is 606. The minimum atomic E-state index is -0.487. The fourth-order valence-corrected chi connectivity index (χ4v) is 2.31. The summed E-state index contributed by atoms with van der Waals surface area (Å²) < 4.78 is 5.28. The van der Waals surface area contributed by atoms with E-state index >= 15 is 0 Å². The van der Waals surface area contributed by atoms with Crippen LogP contribution < -0.4 is 10.6 Å². The molecule has 1 heterocycles. The Kier molecular flexibility index (Phi) is 6.88. The van der Waals surface area contributed by atoms with E-state index in [2.05, 4.69) is 15.5 Å². The van der Waals surface area contributed by atoms with Gasteiger partial charge < -0.3 is 15.4 Å². The smallest absolute Gasteiger partial charge is 0.267 e. The minimum absolute atomic E-state index is 0.00639. The third-order valence-electron chi connectivity index (χ3n) is 3.41. The van der Waals surface area contributed by atoms with Crippen LogP contribution >= 0.6 is 11.6 Å². The van der Waals surface area contributed by atoms with Gasteiger partial charge in [-0.05, 0) is 12.1 Å². The molecule has 6 nitrogen and oxygen atoms in total. The monoisotopic (exact) mass is 334 g/mol. The summed E-state index contributed by atoms with van der Waals surface area (Å²) in [4.78, 5) is 14.3. The first kappa shape index (κ1) is 17.3. The summed E-state index contributed by atoms with van der Waals surface area (Å²) in [6.07, 6.45) is 1.44. The van der Waals surface area contributed by atoms with Gasteiger partial charge in [-0.15, -0.1) is 0 Å². The van der Waals surface area contributed by atoms with Crippen LogP contribution in [0.1, 0.15) is 0 Å². The molecule has 0 aliphatic carbocycles. The summed E-state index contributed by atoms with van der Waals surface area (Å²) in [7, 11) is 0. The van der Waals surface area contributed by atoms with Gasteiger partial charge in [-0.1, -0.05) is 23.7 Å². The van der Waals surface area contributed by atoms with Crippen LogP contribution in [0.2, 0.25) is 5.02 Å². The number of ether oxygens (including phenoxy) is 1. The lowest BCUT2D eigenvalue weighted by atomic mass is 10.2. The number of amides is 1. The first-order valence-corrected chi connectivity index (χ1v) is 7.78. The van der Waals surface area contributed by atoms with E-state index in [0.29, 0.717) is 17.3 Å². The van der Waals surface area contributed by atoms with Gasteiger partial charge in [0.05, 0.1) is 23.9 Å². The molecule has 0 bridgehead atoms. The lowest BCUT2D eigenvalue weighted by Gasteiger charge is -2.26. The van der Waals surface area contributed by atoms with Crippen molar-refractivity contribution < 1.29 is 9.53 Å². The second-order valence-electron chi connectivity index (χ2n) is 5.01. The molecule has 1 aliphatic rings. The zero-order valence-corrected chi connectivity index (χ0v) is 13.5. The van der Waals surface area contributed by atoms with E-state index in [1.54, 1.807) is 24.3 Å². The van der Waals surface area contributed by atoms with Crippen molar-refractivity contribution in [2.75, 3.05) is 44.7 Å². The molecule has 23 heavy (non-hydrogen) atoms. The average Bonchev–Trinajstić information content (AvgIpc) is 2.58. The summed E-state index contributed by atoms with van der Waals surface area (Å²) >= 11 is 5.98. The molecule has 1 aromatic carbocycles. The molecule has 122 valence electrons. The van der Waals surface area contributed by atoms with Gasteiger partial charge in [0.1, 0.15) is 11.6 Å². The SMILES string of the molecule is N#C/C(=C/NCCN1CCOCC1)C(=O)Nc1ccccc1Cl. The van der Waals surface area contributed by atoms with Crippen LogP contribution in [-0.2, 0) is 9.53 Å². The Labute approximate surface area is 140 Å². The topological polar surface area (TPSA) is 77.4 Å². The van der Waals surface area contributed by atoms with Crippen molar-refractivity contribution in [2.45, 2.75) is 0 Å². The summed E-state index contributed by atoms with van der Waals surface area (Å²) in [6.45, 7) is 4.81. The summed E-state index contributed by atoms with van der Waals surface area (Å²) in [5.74, 6) is -0.487. The van der Waals surface area contributed by atoms with Crippen molar-refractivity contribution in [1.29, 1.82) is 5.26 Å². The van der Waals surface area contributed by atoms with E-state index in [1.165, 1.54) is 6.20 Å². The van der Waals surface area contributed by atoms with Gasteiger partial charge in [-0.25, -0.2) is 0 Å². The Morgan fingerprint density at radius 1 is 1.39 bits per heavy atom. The number of nitriles is 1. The Morgan fingerprint density at radius 2 is 2.13 bits per heavy atom. The average molecular weight is 335 g/mol. The fraction of sp³-hybridized carbons (Fsp3) is 0.375. The highest BCUT2D eigenvalue weighted by Gasteiger charge is 2.11. The van der Waals surface area contributed by atoms with Gasteiger partial charge >= 0.3 is 0 Å². The number of hydrogen-bond donors (Lipinski definition) is 2. The van der Waals surface area contributed by atoms with Crippen molar-refractivity contribution in [3.05, 3.63) is 41.1 Å². The number of hydrogen-bond acceptors (Lipinski definition) is 5. The van der Waals surface area contributed by atoms with E-state index < -0.39 is 5.91 Å². The second kappa shape index (κ2) is 9.16. The van der Waals surface area contributed by atoms with Crippen LogP contribution in [0.15, 0.2) is 36.0 Å². The fourth-order valence-electron chi connectivity index (χ4n) is 2.12. The number of nitrogens with one attached hydrogen (secondary N) is 2. The molecule has 0 aromatic heterocycles. The molecule has 1 saturated heterocycles. The van der Waals surface area contributed by atoms with E-state index in [-0.39, 0.29) is 5.57 Å². The number of rotatable bonds is 6. The van der Waals surface area contributed by atoms with Crippen LogP contribution in [0.25, 0.3) is 0 Å². The zero-order valence-electron chi connectivity index (χ0n) is 12.7. The molecule has 7 heteroatoms. The number of benzene rings is 1. The summed E-state index contributed by atoms with van der Waals surface area (Å²) in [5, 5.41) is 15.2. The van der Waals surface area contributed by atoms with Gasteiger partial charge in [-0.2, -0.15) is 5.26 Å². The van der Waals surface area contributed by atoms with Crippen LogP contribution in [-0.4, -0.2) is 50.2 Å². The highest BCUT2D eigenvalue weighted by Crippen LogP contribution is 2.20. The van der Waals surface area contributed by atoms with E-state index in [4.69, 9.17) is 21.6 Å². The largest absolute Gasteiger partial charge is 0.388 e. The Hall–Kier alpha value is -2.07. The number of halogens is 1. The molecule has 0 unspecified atom stereocenters. The van der Waals surface area contributed by atoms with Gasteiger partial charge in [-0.3, -0.25) is 9.69 Å². The molecule has 1 fully saturated rings. The predicted molar refractivity (Wildman–Crippen MR) is 89.0 cm³/mol. The number of morpholine rings is 1. The summed E-state index contributed by atoms with van der Waals surface area (Å²) in [5.41, 5.74) is 0.487. The van der Waals surface area contributed by atoms with Crippen LogP contribution in [0, 0.1) is 11.3 Å². The second-order valence-corrected chi connectivity index (χ2v) is 5.42. The molecule has 0 saturated carbocycles. The predicted octanol–water partition coefficient (Wildman–Crippen LogP) is 1.61. The first-order chi connectivity index (χ1) is 11.2.